The largest absolute Gasteiger partial charge is 0.497 e. The molecule has 0 bridgehead atoms. The van der Waals surface area contributed by atoms with Crippen molar-refractivity contribution in [2.75, 3.05) is 12.0 Å². The van der Waals surface area contributed by atoms with Crippen LogP contribution in [0.15, 0.2) is 66.4 Å². The van der Waals surface area contributed by atoms with Gasteiger partial charge in [-0.05, 0) is 67.1 Å². The van der Waals surface area contributed by atoms with Crippen LogP contribution in [0, 0.1) is 12.7 Å². The van der Waals surface area contributed by atoms with E-state index in [-0.39, 0.29) is 11.3 Å². The van der Waals surface area contributed by atoms with Gasteiger partial charge < -0.3 is 9.30 Å². The second-order valence-electron chi connectivity index (χ2n) is 6.92. The van der Waals surface area contributed by atoms with Gasteiger partial charge in [-0.15, -0.1) is 0 Å². The molecule has 1 saturated heterocycles. The number of aromatic nitrogens is 1. The number of imide groups is 2. The summed E-state index contributed by atoms with van der Waals surface area (Å²) in [6, 6.07) is 13.3. The van der Waals surface area contributed by atoms with Gasteiger partial charge in [0.25, 0.3) is 11.8 Å². The number of hydrogen-bond acceptors (Lipinski definition) is 4. The number of barbiturate groups is 1. The van der Waals surface area contributed by atoms with Crippen LogP contribution in [0.4, 0.5) is 14.9 Å². The van der Waals surface area contributed by atoms with Crippen LogP contribution in [0.3, 0.4) is 0 Å². The van der Waals surface area contributed by atoms with Crippen LogP contribution in [0.1, 0.15) is 11.3 Å². The van der Waals surface area contributed by atoms with Gasteiger partial charge in [0.05, 0.1) is 12.8 Å². The number of aryl methyl sites for hydroxylation is 1. The van der Waals surface area contributed by atoms with E-state index >= 15 is 0 Å². The summed E-state index contributed by atoms with van der Waals surface area (Å²) in [6.07, 6.45) is 3.18. The molecule has 0 aliphatic carbocycles. The normalized spacial score (nSPS) is 15.4. The van der Waals surface area contributed by atoms with Crippen LogP contribution < -0.4 is 15.0 Å². The van der Waals surface area contributed by atoms with Crippen LogP contribution in [-0.2, 0) is 9.59 Å². The summed E-state index contributed by atoms with van der Waals surface area (Å²) in [6.45, 7) is 1.89. The van der Waals surface area contributed by atoms with Crippen molar-refractivity contribution in [3.63, 3.8) is 0 Å². The Morgan fingerprint density at radius 2 is 1.74 bits per heavy atom. The molecule has 2 aromatic carbocycles. The minimum atomic E-state index is -0.926. The van der Waals surface area contributed by atoms with Gasteiger partial charge in [-0.1, -0.05) is 6.07 Å². The predicted octanol–water partition coefficient (Wildman–Crippen LogP) is 3.60. The highest BCUT2D eigenvalue weighted by atomic mass is 19.1. The SMILES string of the molecule is COc1ccc(-n2cc(/C=C3/C(=O)NC(=O)N(c4cccc(F)c4)C3=O)cc2C)cc1. The molecule has 1 aliphatic rings. The van der Waals surface area contributed by atoms with Crippen molar-refractivity contribution in [3.05, 3.63) is 83.4 Å². The standard InChI is InChI=1S/C23H18FN3O4/c1-14-10-15(13-26(14)17-6-8-19(31-2)9-7-17)11-20-21(28)25-23(30)27(22(20)29)18-5-3-4-16(24)12-18/h3-13H,1-2H3,(H,25,28,30)/b20-11-. The fourth-order valence-corrected chi connectivity index (χ4v) is 3.37. The Bertz CT molecular complexity index is 1230. The molecule has 1 fully saturated rings. The van der Waals surface area contributed by atoms with E-state index in [0.29, 0.717) is 5.56 Å². The number of amides is 4. The van der Waals surface area contributed by atoms with Crippen molar-refractivity contribution in [3.8, 4) is 11.4 Å². The molecule has 2 heterocycles. The quantitative estimate of drug-likeness (QED) is 0.518. The predicted molar refractivity (Wildman–Crippen MR) is 112 cm³/mol. The van der Waals surface area contributed by atoms with Gasteiger partial charge in [0.15, 0.2) is 0 Å². The Morgan fingerprint density at radius 3 is 2.42 bits per heavy atom. The summed E-state index contributed by atoms with van der Waals surface area (Å²) in [4.78, 5) is 38.2. The van der Waals surface area contributed by atoms with Crippen LogP contribution in [0.25, 0.3) is 11.8 Å². The van der Waals surface area contributed by atoms with Gasteiger partial charge >= 0.3 is 6.03 Å². The Labute approximate surface area is 177 Å². The minimum absolute atomic E-state index is 0.0351. The third kappa shape index (κ3) is 3.83. The molecular formula is C23H18FN3O4. The second-order valence-corrected chi connectivity index (χ2v) is 6.92. The minimum Gasteiger partial charge on any atom is -0.497 e. The summed E-state index contributed by atoms with van der Waals surface area (Å²) in [5.41, 5.74) is 2.15. The third-order valence-electron chi connectivity index (χ3n) is 4.86. The van der Waals surface area contributed by atoms with E-state index in [4.69, 9.17) is 4.74 Å². The van der Waals surface area contributed by atoms with Crippen LogP contribution >= 0.6 is 0 Å². The first-order valence-corrected chi connectivity index (χ1v) is 9.38. The molecule has 1 aliphatic heterocycles. The summed E-state index contributed by atoms with van der Waals surface area (Å²) in [5, 5.41) is 2.13. The smallest absolute Gasteiger partial charge is 0.335 e. The highest BCUT2D eigenvalue weighted by molar-refractivity contribution is 6.39. The lowest BCUT2D eigenvalue weighted by atomic mass is 10.1. The number of methoxy groups -OCH3 is 1. The average Bonchev–Trinajstić information content (AvgIpc) is 3.11. The molecule has 31 heavy (non-hydrogen) atoms. The van der Waals surface area contributed by atoms with Crippen molar-refractivity contribution < 1.29 is 23.5 Å². The summed E-state index contributed by atoms with van der Waals surface area (Å²) >= 11 is 0. The molecule has 1 N–H and O–H groups in total. The zero-order valence-electron chi connectivity index (χ0n) is 16.8. The van der Waals surface area contributed by atoms with Gasteiger partial charge in [0.2, 0.25) is 0 Å². The van der Waals surface area contributed by atoms with Crippen LogP contribution in [-0.4, -0.2) is 29.5 Å². The number of hydrogen-bond donors (Lipinski definition) is 1. The van der Waals surface area contributed by atoms with Crippen LogP contribution in [0.2, 0.25) is 0 Å². The zero-order valence-corrected chi connectivity index (χ0v) is 16.8. The molecule has 7 nitrogen and oxygen atoms in total. The van der Waals surface area contributed by atoms with Gasteiger partial charge in [-0.25, -0.2) is 14.1 Å². The molecule has 0 saturated carbocycles. The highest BCUT2D eigenvalue weighted by Crippen LogP contribution is 2.24. The number of urea groups is 1. The highest BCUT2D eigenvalue weighted by Gasteiger charge is 2.37. The Kier molecular flexibility index (Phi) is 5.12. The monoisotopic (exact) mass is 419 g/mol. The number of nitrogens with zero attached hydrogens (tertiary/aromatic N) is 2. The Morgan fingerprint density at radius 1 is 1.00 bits per heavy atom. The first-order chi connectivity index (χ1) is 14.9. The number of halogens is 1. The maximum absolute atomic E-state index is 13.6. The molecule has 4 amide bonds. The second kappa shape index (κ2) is 7.91. The van der Waals surface area contributed by atoms with Crippen molar-refractivity contribution in [2.45, 2.75) is 6.92 Å². The van der Waals surface area contributed by atoms with E-state index in [0.717, 1.165) is 28.1 Å². The topological polar surface area (TPSA) is 80.6 Å². The van der Waals surface area contributed by atoms with E-state index in [1.807, 2.05) is 35.8 Å². The first kappa shape index (κ1) is 20.1. The maximum Gasteiger partial charge on any atom is 0.335 e. The van der Waals surface area contributed by atoms with Crippen molar-refractivity contribution >= 4 is 29.6 Å². The first-order valence-electron chi connectivity index (χ1n) is 9.38. The molecule has 4 rings (SSSR count). The van der Waals surface area contributed by atoms with Gasteiger partial charge in [0, 0.05) is 17.6 Å². The molecule has 0 atom stereocenters. The number of ether oxygens (including phenoxy) is 1. The number of carbonyl (C=O) groups excluding carboxylic acids is 3. The zero-order chi connectivity index (χ0) is 22.1. The van der Waals surface area contributed by atoms with Crippen LogP contribution in [0.5, 0.6) is 5.75 Å². The van der Waals surface area contributed by atoms with Crippen molar-refractivity contribution in [2.24, 2.45) is 0 Å². The third-order valence-corrected chi connectivity index (χ3v) is 4.86. The molecule has 0 unspecified atom stereocenters. The molecule has 3 aromatic rings. The number of rotatable bonds is 4. The molecule has 8 heteroatoms. The summed E-state index contributed by atoms with van der Waals surface area (Å²) in [5.74, 6) is -1.51. The summed E-state index contributed by atoms with van der Waals surface area (Å²) in [7, 11) is 1.59. The lowest BCUT2D eigenvalue weighted by Gasteiger charge is -2.26. The molecular weight excluding hydrogens is 401 g/mol. The van der Waals surface area contributed by atoms with E-state index in [1.165, 1.54) is 24.3 Å². The Balaban J connectivity index is 1.69. The van der Waals surface area contributed by atoms with E-state index in [9.17, 15) is 18.8 Å². The number of anilines is 1. The van der Waals surface area contributed by atoms with Gasteiger partial charge in [0.1, 0.15) is 17.1 Å². The fraction of sp³-hybridized carbons (Fsp3) is 0.0870. The van der Waals surface area contributed by atoms with Gasteiger partial charge in [-0.3, -0.25) is 14.9 Å². The summed E-state index contributed by atoms with van der Waals surface area (Å²) < 4.78 is 20.7. The molecule has 0 spiro atoms. The van der Waals surface area contributed by atoms with Gasteiger partial charge in [-0.2, -0.15) is 0 Å². The van der Waals surface area contributed by atoms with E-state index in [2.05, 4.69) is 5.32 Å². The molecule has 1 aromatic heterocycles. The number of nitrogens with one attached hydrogen (secondary N) is 1. The molecule has 156 valence electrons. The lowest BCUT2D eigenvalue weighted by molar-refractivity contribution is -0.122. The number of benzene rings is 2. The van der Waals surface area contributed by atoms with E-state index in [1.54, 1.807) is 19.4 Å². The fourth-order valence-electron chi connectivity index (χ4n) is 3.37. The van der Waals surface area contributed by atoms with Crippen molar-refractivity contribution in [1.29, 1.82) is 0 Å². The van der Waals surface area contributed by atoms with E-state index < -0.39 is 23.7 Å². The van der Waals surface area contributed by atoms with Crippen molar-refractivity contribution in [1.82, 2.24) is 9.88 Å². The molecule has 0 radical (unpaired) electrons. The Hall–Kier alpha value is -4.20. The lowest BCUT2D eigenvalue weighted by Crippen LogP contribution is -2.54. The average molecular weight is 419 g/mol. The maximum atomic E-state index is 13.6. The number of carbonyl (C=O) groups is 3.